The van der Waals surface area contributed by atoms with Gasteiger partial charge in [0.15, 0.2) is 11.1 Å². The second-order valence-corrected chi connectivity index (χ2v) is 5.11. The smallest absolute Gasteiger partial charge is 0.324 e. The van der Waals surface area contributed by atoms with Gasteiger partial charge in [-0.1, -0.05) is 0 Å². The molecule has 9 heteroatoms. The Morgan fingerprint density at radius 2 is 2.08 bits per heavy atom. The van der Waals surface area contributed by atoms with Gasteiger partial charge < -0.3 is 14.3 Å². The summed E-state index contributed by atoms with van der Waals surface area (Å²) in [5.41, 5.74) is 0. The van der Waals surface area contributed by atoms with Crippen LogP contribution >= 0.6 is 20.2 Å². The monoisotopic (exact) mass is 235 g/mol. The first-order chi connectivity index (χ1) is 5.37. The second kappa shape index (κ2) is 5.33. The number of rotatable bonds is 5. The van der Waals surface area contributed by atoms with Crippen LogP contribution in [0.4, 0.5) is 0 Å². The third kappa shape index (κ3) is 6.13. The minimum absolute atomic E-state index is 0.0309. The summed E-state index contributed by atoms with van der Waals surface area (Å²) in [7, 11) is -4.16. The molecule has 0 aromatic rings. The maximum Gasteiger partial charge on any atom is 0.339 e. The van der Waals surface area contributed by atoms with Crippen molar-refractivity contribution in [2.75, 3.05) is 12.0 Å². The third-order valence-corrected chi connectivity index (χ3v) is 2.96. The fourth-order valence-electron chi connectivity index (χ4n) is 0.420. The first-order valence-electron chi connectivity index (χ1n) is 2.85. The van der Waals surface area contributed by atoms with Gasteiger partial charge in [0, 0.05) is 5.75 Å². The van der Waals surface area contributed by atoms with Gasteiger partial charge in [0.2, 0.25) is 0 Å². The van der Waals surface area contributed by atoms with Gasteiger partial charge in [-0.25, -0.2) is 4.21 Å². The molecule has 0 spiro atoms. The van der Waals surface area contributed by atoms with Gasteiger partial charge in [0.1, 0.15) is 5.37 Å². The van der Waals surface area contributed by atoms with Crippen LogP contribution in [0.3, 0.4) is 0 Å². The zero-order valence-electron chi connectivity index (χ0n) is 5.95. The van der Waals surface area contributed by atoms with Gasteiger partial charge in [0.05, 0.1) is 6.29 Å². The lowest BCUT2D eigenvalue weighted by molar-refractivity contribution is 0.367. The molecule has 74 valence electrons. The highest BCUT2D eigenvalue weighted by atomic mass is 32.2. The molecule has 4 N–H and O–H groups in total. The summed E-state index contributed by atoms with van der Waals surface area (Å²) >= 11 is 1.55. The summed E-state index contributed by atoms with van der Waals surface area (Å²) in [5, 5.41) is 1.30. The van der Waals surface area contributed by atoms with E-state index in [1.807, 2.05) is 0 Å². The first-order valence-corrected chi connectivity index (χ1v) is 6.45. The molecule has 6 nitrogen and oxygen atoms in total. The average Bonchev–Trinajstić information content (AvgIpc) is 1.85. The highest BCUT2D eigenvalue weighted by Crippen LogP contribution is 2.32. The zero-order chi connectivity index (χ0) is 9.78. The van der Waals surface area contributed by atoms with Crippen molar-refractivity contribution >= 4 is 31.3 Å². The summed E-state index contributed by atoms with van der Waals surface area (Å²) < 4.78 is 29.2. The minimum Gasteiger partial charge on any atom is -0.324 e. The second-order valence-electron chi connectivity index (χ2n) is 1.97. The maximum absolute atomic E-state index is 10.4. The molecule has 2 atom stereocenters. The molecule has 0 heterocycles. The molecule has 0 bridgehead atoms. The maximum atomic E-state index is 10.4. The van der Waals surface area contributed by atoms with Crippen molar-refractivity contribution in [3.05, 3.63) is 0 Å². The molecule has 0 saturated heterocycles. The number of nitrogens with one attached hydrogen (secondary N) is 1. The van der Waals surface area contributed by atoms with E-state index < -0.39 is 30.3 Å². The quantitative estimate of drug-likeness (QED) is 0.242. The molecule has 0 radical (unpaired) electrons. The summed E-state index contributed by atoms with van der Waals surface area (Å²) in [4.78, 5) is 16.8. The van der Waals surface area contributed by atoms with Crippen LogP contribution in [0.1, 0.15) is 0 Å². The molecule has 0 aliphatic carbocycles. The molecule has 0 aliphatic heterocycles. The Bertz CT molecular complexity index is 205. The molecule has 0 rings (SSSR count). The van der Waals surface area contributed by atoms with E-state index in [1.165, 1.54) is 0 Å². The van der Waals surface area contributed by atoms with Crippen molar-refractivity contribution in [3.8, 4) is 0 Å². The van der Waals surface area contributed by atoms with E-state index in [0.29, 0.717) is 0 Å². The average molecular weight is 235 g/mol. The van der Waals surface area contributed by atoms with Crippen molar-refractivity contribution in [1.29, 1.82) is 0 Å². The molecule has 0 aliphatic rings. The van der Waals surface area contributed by atoms with Gasteiger partial charge in [-0.15, -0.1) is 0 Å². The van der Waals surface area contributed by atoms with Crippen molar-refractivity contribution in [2.24, 2.45) is 0 Å². The summed E-state index contributed by atoms with van der Waals surface area (Å²) in [6.45, 7) is 0. The van der Waals surface area contributed by atoms with Gasteiger partial charge in [-0.05, 0) is 0 Å². The number of hydrogen-bond acceptors (Lipinski definition) is 4. The van der Waals surface area contributed by atoms with Crippen LogP contribution < -0.4 is 5.32 Å². The van der Waals surface area contributed by atoms with Crippen molar-refractivity contribution in [2.45, 2.75) is 5.37 Å². The van der Waals surface area contributed by atoms with Gasteiger partial charge in [0.25, 0.3) is 0 Å². The lowest BCUT2D eigenvalue weighted by Crippen LogP contribution is -2.35. The topological polar surface area (TPSA) is 107 Å². The Hall–Kier alpha value is 0.570. The molecule has 12 heavy (non-hydrogen) atoms. The Labute approximate surface area is 77.6 Å². The van der Waals surface area contributed by atoms with E-state index in [-0.39, 0.29) is 5.75 Å². The molecule has 0 saturated carbocycles. The van der Waals surface area contributed by atoms with E-state index in [0.717, 1.165) is 0 Å². The van der Waals surface area contributed by atoms with Crippen LogP contribution in [-0.2, 0) is 15.6 Å². The molecule has 0 fully saturated rings. The number of hydrogen-bond donors (Lipinski definition) is 5. The van der Waals surface area contributed by atoms with Crippen molar-refractivity contribution in [1.82, 2.24) is 5.32 Å². The van der Waals surface area contributed by atoms with E-state index in [9.17, 15) is 8.77 Å². The Balaban J connectivity index is 3.90. The summed E-state index contributed by atoms with van der Waals surface area (Å²) in [6.07, 6.45) is -0.621. The van der Waals surface area contributed by atoms with Crippen LogP contribution in [-0.4, -0.2) is 36.0 Å². The fourth-order valence-corrected chi connectivity index (χ4v) is 1.87. The lowest BCUT2D eigenvalue weighted by Gasteiger charge is -2.12. The zero-order valence-corrected chi connectivity index (χ0v) is 8.56. The summed E-state index contributed by atoms with van der Waals surface area (Å²) in [6, 6.07) is 0. The van der Waals surface area contributed by atoms with Crippen LogP contribution in [0, 0.1) is 0 Å². The molecule has 0 aromatic heterocycles. The third-order valence-electron chi connectivity index (χ3n) is 0.934. The van der Waals surface area contributed by atoms with Crippen LogP contribution in [0.15, 0.2) is 0 Å². The van der Waals surface area contributed by atoms with Crippen molar-refractivity contribution < 1.29 is 23.1 Å². The molecule has 1 unspecified atom stereocenters. The van der Waals surface area contributed by atoms with E-state index >= 15 is 0 Å². The standard InChI is InChI=1S/C3H10NO5PS2/c5-10(6,7)2-4-3(1-11)12(8)9/h3-4,11H,1-2H2,(H,8,9)(H2,5,6,7)/t3-/m1/s1. The Kier molecular flexibility index (Phi) is 5.59. The molecule has 0 aromatic carbocycles. The lowest BCUT2D eigenvalue weighted by atomic mass is 10.7. The first kappa shape index (κ1) is 12.6. The summed E-state index contributed by atoms with van der Waals surface area (Å²) in [5.74, 6) is 0.0309. The Morgan fingerprint density at radius 1 is 1.58 bits per heavy atom. The largest absolute Gasteiger partial charge is 0.339 e. The molecule has 0 amide bonds. The highest BCUT2D eigenvalue weighted by molar-refractivity contribution is 7.84. The van der Waals surface area contributed by atoms with Gasteiger partial charge >= 0.3 is 7.60 Å². The highest BCUT2D eigenvalue weighted by Gasteiger charge is 2.18. The van der Waals surface area contributed by atoms with Gasteiger partial charge in [-0.3, -0.25) is 9.88 Å². The predicted molar refractivity (Wildman–Crippen MR) is 48.5 cm³/mol. The minimum atomic E-state index is -4.16. The fraction of sp³-hybridized carbons (Fsp3) is 1.00. The van der Waals surface area contributed by atoms with Crippen LogP contribution in [0.5, 0.6) is 0 Å². The van der Waals surface area contributed by atoms with E-state index in [4.69, 9.17) is 14.3 Å². The molecular formula is C3H10NO5PS2. The number of thiol groups is 1. The van der Waals surface area contributed by atoms with Gasteiger partial charge in [-0.2, -0.15) is 12.6 Å². The predicted octanol–water partition coefficient (Wildman–Crippen LogP) is -0.811. The Morgan fingerprint density at radius 3 is 2.33 bits per heavy atom. The van der Waals surface area contributed by atoms with Crippen LogP contribution in [0.2, 0.25) is 0 Å². The van der Waals surface area contributed by atoms with E-state index in [2.05, 4.69) is 17.9 Å². The van der Waals surface area contributed by atoms with E-state index in [1.54, 1.807) is 0 Å². The normalized spacial score (nSPS) is 17.3. The molecular weight excluding hydrogens is 225 g/mol. The van der Waals surface area contributed by atoms with Crippen molar-refractivity contribution in [3.63, 3.8) is 0 Å². The van der Waals surface area contributed by atoms with Crippen LogP contribution in [0.25, 0.3) is 0 Å². The SMILES string of the molecule is O=S(O)[C@H](CS)NCP(=O)(O)O.